The third-order valence-corrected chi connectivity index (χ3v) is 5.67. The summed E-state index contributed by atoms with van der Waals surface area (Å²) in [5.41, 5.74) is 1.84. The molecule has 150 valence electrons. The zero-order valence-corrected chi connectivity index (χ0v) is 16.8. The Morgan fingerprint density at radius 1 is 1.00 bits per heavy atom. The van der Waals surface area contributed by atoms with Crippen LogP contribution in [0, 0.1) is 0 Å². The molecule has 0 aromatic heterocycles. The summed E-state index contributed by atoms with van der Waals surface area (Å²) in [6.45, 7) is 3.42. The lowest BCUT2D eigenvalue weighted by molar-refractivity contribution is -0.125. The second-order valence-corrected chi connectivity index (χ2v) is 7.79. The largest absolute Gasteiger partial charge is 0.488 e. The Kier molecular flexibility index (Phi) is 6.29. The fourth-order valence-electron chi connectivity index (χ4n) is 3.17. The lowest BCUT2D eigenvalue weighted by Crippen LogP contribution is -2.45. The highest BCUT2D eigenvalue weighted by molar-refractivity contribution is 8.18. The fraction of sp³-hybridized carbons (Fsp3) is 0.273. The summed E-state index contributed by atoms with van der Waals surface area (Å²) in [4.78, 5) is 29.0. The number of para-hydroxylation sites is 1. The van der Waals surface area contributed by atoms with E-state index in [1.165, 1.54) is 4.90 Å². The number of ether oxygens (including phenoxy) is 2. The number of hydrogen-bond donors (Lipinski definition) is 0. The molecule has 0 saturated carbocycles. The molecule has 2 aromatic carbocycles. The van der Waals surface area contributed by atoms with Gasteiger partial charge in [-0.3, -0.25) is 19.4 Å². The zero-order chi connectivity index (χ0) is 20.1. The summed E-state index contributed by atoms with van der Waals surface area (Å²) in [5.74, 6) is 0.417. The van der Waals surface area contributed by atoms with Crippen LogP contribution in [0.1, 0.15) is 11.1 Å². The fourth-order valence-corrected chi connectivity index (χ4v) is 3.99. The molecule has 2 aliphatic rings. The molecule has 0 radical (unpaired) electrons. The summed E-state index contributed by atoms with van der Waals surface area (Å²) in [5, 5.41) is -0.240. The summed E-state index contributed by atoms with van der Waals surface area (Å²) in [6, 6.07) is 17.4. The third kappa shape index (κ3) is 4.87. The summed E-state index contributed by atoms with van der Waals surface area (Å²) in [7, 11) is 0. The van der Waals surface area contributed by atoms with Crippen LogP contribution in [0.4, 0.5) is 4.79 Å². The molecule has 2 amide bonds. The van der Waals surface area contributed by atoms with Gasteiger partial charge in [0.15, 0.2) is 0 Å². The Hall–Kier alpha value is -2.61. The Balaban J connectivity index is 1.47. The molecule has 0 atom stereocenters. The number of thioether (sulfide) groups is 1. The van der Waals surface area contributed by atoms with Gasteiger partial charge in [0.1, 0.15) is 12.4 Å². The Bertz CT molecular complexity index is 910. The highest BCUT2D eigenvalue weighted by Gasteiger charge is 2.36. The zero-order valence-electron chi connectivity index (χ0n) is 16.0. The van der Waals surface area contributed by atoms with E-state index in [4.69, 9.17) is 9.47 Å². The van der Waals surface area contributed by atoms with Gasteiger partial charge in [0.05, 0.1) is 24.8 Å². The summed E-state index contributed by atoms with van der Waals surface area (Å²) < 4.78 is 11.3. The average Bonchev–Trinajstić information content (AvgIpc) is 3.02. The molecule has 0 unspecified atom stereocenters. The molecular weight excluding hydrogens is 388 g/mol. The average molecular weight is 410 g/mol. The Labute approximate surface area is 174 Å². The van der Waals surface area contributed by atoms with Gasteiger partial charge >= 0.3 is 0 Å². The number of carbonyl (C=O) groups excluding carboxylic acids is 2. The lowest BCUT2D eigenvalue weighted by atomic mass is 10.1. The van der Waals surface area contributed by atoms with E-state index < -0.39 is 0 Å². The lowest BCUT2D eigenvalue weighted by Gasteiger charge is -2.29. The molecule has 0 N–H and O–H groups in total. The van der Waals surface area contributed by atoms with Crippen molar-refractivity contribution < 1.29 is 19.1 Å². The van der Waals surface area contributed by atoms with Crippen molar-refractivity contribution >= 4 is 29.0 Å². The van der Waals surface area contributed by atoms with Crippen LogP contribution in [0.15, 0.2) is 59.5 Å². The van der Waals surface area contributed by atoms with Gasteiger partial charge in [0.25, 0.3) is 11.1 Å². The second kappa shape index (κ2) is 9.26. The van der Waals surface area contributed by atoms with Crippen LogP contribution in [-0.2, 0) is 16.1 Å². The maximum Gasteiger partial charge on any atom is 0.294 e. The number of imide groups is 1. The number of morpholine rings is 1. The molecule has 0 spiro atoms. The Morgan fingerprint density at radius 3 is 2.52 bits per heavy atom. The van der Waals surface area contributed by atoms with E-state index in [1.54, 1.807) is 6.08 Å². The van der Waals surface area contributed by atoms with Gasteiger partial charge in [-0.15, -0.1) is 0 Å². The molecule has 29 heavy (non-hydrogen) atoms. The first kappa shape index (κ1) is 19.7. The molecular formula is C22H22N2O4S. The van der Waals surface area contributed by atoms with Crippen molar-refractivity contribution in [2.75, 3.05) is 33.0 Å². The molecule has 0 aliphatic carbocycles. The van der Waals surface area contributed by atoms with Crippen molar-refractivity contribution in [1.82, 2.24) is 9.80 Å². The van der Waals surface area contributed by atoms with Gasteiger partial charge in [-0.05, 0) is 29.5 Å². The van der Waals surface area contributed by atoms with Crippen molar-refractivity contribution in [1.29, 1.82) is 0 Å². The predicted molar refractivity (Wildman–Crippen MR) is 112 cm³/mol. The Morgan fingerprint density at radius 2 is 1.72 bits per heavy atom. The molecule has 2 fully saturated rings. The van der Waals surface area contributed by atoms with Crippen LogP contribution in [0.5, 0.6) is 5.75 Å². The van der Waals surface area contributed by atoms with E-state index in [0.29, 0.717) is 37.1 Å². The predicted octanol–water partition coefficient (Wildman–Crippen LogP) is 3.59. The molecule has 0 bridgehead atoms. The van der Waals surface area contributed by atoms with Crippen LogP contribution in [0.2, 0.25) is 0 Å². The van der Waals surface area contributed by atoms with Crippen molar-refractivity contribution in [2.45, 2.75) is 6.61 Å². The number of rotatable bonds is 6. The normalized spacial score (nSPS) is 19.2. The van der Waals surface area contributed by atoms with E-state index in [9.17, 15) is 9.59 Å². The minimum Gasteiger partial charge on any atom is -0.488 e. The van der Waals surface area contributed by atoms with Crippen LogP contribution >= 0.6 is 11.8 Å². The first-order valence-electron chi connectivity index (χ1n) is 9.52. The smallest absolute Gasteiger partial charge is 0.294 e. The third-order valence-electron chi connectivity index (χ3n) is 4.76. The van der Waals surface area contributed by atoms with Gasteiger partial charge in [-0.2, -0.15) is 0 Å². The second-order valence-electron chi connectivity index (χ2n) is 6.79. The summed E-state index contributed by atoms with van der Waals surface area (Å²) >= 11 is 0.973. The molecule has 6 nitrogen and oxygen atoms in total. The molecule has 4 rings (SSSR count). The highest BCUT2D eigenvalue weighted by atomic mass is 32.2. The van der Waals surface area contributed by atoms with E-state index in [2.05, 4.69) is 4.90 Å². The first-order valence-corrected chi connectivity index (χ1v) is 10.3. The van der Waals surface area contributed by atoms with Crippen molar-refractivity contribution in [2.24, 2.45) is 0 Å². The van der Waals surface area contributed by atoms with Gasteiger partial charge in [-0.1, -0.05) is 48.5 Å². The quantitative estimate of drug-likeness (QED) is 0.679. The minimum atomic E-state index is -0.260. The monoisotopic (exact) mass is 410 g/mol. The van der Waals surface area contributed by atoms with E-state index in [-0.39, 0.29) is 11.1 Å². The van der Waals surface area contributed by atoms with Crippen LogP contribution in [0.25, 0.3) is 6.08 Å². The SMILES string of the molecule is O=C1S/C(=C/c2ccccc2OCc2ccccc2)C(=O)N1CN1CCOCC1. The van der Waals surface area contributed by atoms with E-state index >= 15 is 0 Å². The minimum absolute atomic E-state index is 0.240. The number of amides is 2. The standard InChI is InChI=1S/C22H22N2O4S/c25-21-20(29-22(26)24(21)16-23-10-12-27-13-11-23)14-18-8-4-5-9-19(18)28-15-17-6-2-1-3-7-17/h1-9,14H,10-13,15-16H2/b20-14+. The maximum atomic E-state index is 12.8. The van der Waals surface area contributed by atoms with E-state index in [0.717, 1.165) is 36.0 Å². The van der Waals surface area contributed by atoms with Crippen molar-refractivity contribution in [3.8, 4) is 5.75 Å². The van der Waals surface area contributed by atoms with Crippen LogP contribution in [-0.4, -0.2) is 53.9 Å². The number of nitrogens with zero attached hydrogens (tertiary/aromatic N) is 2. The van der Waals surface area contributed by atoms with Crippen LogP contribution in [0.3, 0.4) is 0 Å². The van der Waals surface area contributed by atoms with Crippen LogP contribution < -0.4 is 4.74 Å². The molecule has 2 aromatic rings. The molecule has 7 heteroatoms. The van der Waals surface area contributed by atoms with Gasteiger partial charge < -0.3 is 9.47 Å². The molecule has 2 heterocycles. The van der Waals surface area contributed by atoms with Crippen molar-refractivity contribution in [3.05, 3.63) is 70.6 Å². The highest BCUT2D eigenvalue weighted by Crippen LogP contribution is 2.34. The number of hydrogen-bond acceptors (Lipinski definition) is 6. The molecule has 2 aliphatic heterocycles. The topological polar surface area (TPSA) is 59.1 Å². The van der Waals surface area contributed by atoms with Crippen molar-refractivity contribution in [3.63, 3.8) is 0 Å². The van der Waals surface area contributed by atoms with E-state index in [1.807, 2.05) is 54.6 Å². The number of benzene rings is 2. The number of carbonyl (C=O) groups is 2. The molecule has 2 saturated heterocycles. The van der Waals surface area contributed by atoms with Gasteiger partial charge in [0.2, 0.25) is 0 Å². The first-order chi connectivity index (χ1) is 14.2. The van der Waals surface area contributed by atoms with Gasteiger partial charge in [0, 0.05) is 18.7 Å². The van der Waals surface area contributed by atoms with Gasteiger partial charge in [-0.25, -0.2) is 0 Å². The summed E-state index contributed by atoms with van der Waals surface area (Å²) in [6.07, 6.45) is 1.74. The maximum absolute atomic E-state index is 12.8.